The average Bonchev–Trinajstić information content (AvgIpc) is 2.85. The van der Waals surface area contributed by atoms with Gasteiger partial charge in [-0.2, -0.15) is 0 Å². The van der Waals surface area contributed by atoms with Crippen molar-refractivity contribution in [3.63, 3.8) is 0 Å². The minimum atomic E-state index is 0.735. The Morgan fingerprint density at radius 3 is 2.09 bits per heavy atom. The molecule has 33 heavy (non-hydrogen) atoms. The molecule has 1 aromatic heterocycles. The molecule has 0 saturated carbocycles. The fourth-order valence-corrected chi connectivity index (χ4v) is 3.78. The maximum atomic E-state index is 5.82. The van der Waals surface area contributed by atoms with Crippen LogP contribution in [0.1, 0.15) is 89.5 Å². The summed E-state index contributed by atoms with van der Waals surface area (Å²) in [5.74, 6) is 1.50. The van der Waals surface area contributed by atoms with Crippen LogP contribution in [0, 0.1) is 0 Å². The Labute approximate surface area is 201 Å². The summed E-state index contributed by atoms with van der Waals surface area (Å²) in [4.78, 5) is 8.99. The molecule has 1 aromatic carbocycles. The maximum Gasteiger partial charge on any atom is 0.159 e. The molecular formula is C29H44N2O2. The Hall–Kier alpha value is -2.20. The summed E-state index contributed by atoms with van der Waals surface area (Å²) in [6.07, 6.45) is 21.4. The van der Waals surface area contributed by atoms with Gasteiger partial charge < -0.3 is 9.47 Å². The van der Waals surface area contributed by atoms with Crippen LogP contribution in [0.25, 0.3) is 11.4 Å². The van der Waals surface area contributed by atoms with E-state index in [0.29, 0.717) is 0 Å². The van der Waals surface area contributed by atoms with Gasteiger partial charge in [0, 0.05) is 18.8 Å². The van der Waals surface area contributed by atoms with Gasteiger partial charge >= 0.3 is 0 Å². The molecule has 0 amide bonds. The normalized spacial score (nSPS) is 10.9. The quantitative estimate of drug-likeness (QED) is 0.151. The number of ether oxygens (including phenoxy) is 2. The third-order valence-electron chi connectivity index (χ3n) is 5.76. The van der Waals surface area contributed by atoms with Gasteiger partial charge in [-0.15, -0.1) is 6.58 Å². The Morgan fingerprint density at radius 2 is 1.39 bits per heavy atom. The van der Waals surface area contributed by atoms with Crippen molar-refractivity contribution in [3.05, 3.63) is 54.9 Å². The largest absolute Gasteiger partial charge is 0.490 e. The van der Waals surface area contributed by atoms with Gasteiger partial charge in [0.25, 0.3) is 0 Å². The smallest absolute Gasteiger partial charge is 0.159 e. The third kappa shape index (κ3) is 12.6. The first-order chi connectivity index (χ1) is 16.3. The number of unbranched alkanes of at least 4 members (excludes halogenated alkanes) is 9. The number of hydrogen-bond acceptors (Lipinski definition) is 4. The van der Waals surface area contributed by atoms with E-state index in [1.54, 1.807) is 12.4 Å². The average molecular weight is 453 g/mol. The summed E-state index contributed by atoms with van der Waals surface area (Å²) in [6, 6.07) is 8.62. The molecule has 0 aliphatic carbocycles. The van der Waals surface area contributed by atoms with E-state index in [2.05, 4.69) is 47.7 Å². The fraction of sp³-hybridized carbons (Fsp3) is 0.586. The number of aromatic nitrogens is 2. The molecule has 0 saturated heterocycles. The van der Waals surface area contributed by atoms with Gasteiger partial charge in [-0.1, -0.05) is 75.8 Å². The first-order valence-corrected chi connectivity index (χ1v) is 13.1. The lowest BCUT2D eigenvalue weighted by atomic mass is 10.0. The second-order valence-corrected chi connectivity index (χ2v) is 8.76. The molecule has 1 heterocycles. The highest BCUT2D eigenvalue weighted by molar-refractivity contribution is 5.55. The van der Waals surface area contributed by atoms with Crippen LogP contribution in [0.15, 0.2) is 49.3 Å². The van der Waals surface area contributed by atoms with Crippen LogP contribution in [0.4, 0.5) is 0 Å². The van der Waals surface area contributed by atoms with Crippen LogP contribution >= 0.6 is 0 Å². The van der Waals surface area contributed by atoms with Gasteiger partial charge in [-0.05, 0) is 50.5 Å². The van der Waals surface area contributed by atoms with Crippen molar-refractivity contribution in [1.29, 1.82) is 0 Å². The molecule has 0 unspecified atom stereocenters. The van der Waals surface area contributed by atoms with E-state index in [1.807, 2.05) is 6.08 Å². The summed E-state index contributed by atoms with van der Waals surface area (Å²) in [7, 11) is 0. The molecule has 0 bridgehead atoms. The molecular weight excluding hydrogens is 408 g/mol. The minimum absolute atomic E-state index is 0.735. The van der Waals surface area contributed by atoms with Crippen LogP contribution in [0.2, 0.25) is 0 Å². The van der Waals surface area contributed by atoms with Crippen LogP contribution in [0.5, 0.6) is 5.75 Å². The Balaban J connectivity index is 1.58. The third-order valence-corrected chi connectivity index (χ3v) is 5.76. The number of hydrogen-bond donors (Lipinski definition) is 0. The molecule has 2 aromatic rings. The standard InChI is InChI=1S/C29H44N2O2/c1-3-5-6-7-8-9-10-11-15-23-33-28-24-30-29(31-25-28)27-19-17-26(18-20-27)16-13-12-14-22-32-21-4-2/h3,17-20,24-25H,1,4-16,21-23H2,2H3. The molecule has 0 fully saturated rings. The number of benzene rings is 1. The van der Waals surface area contributed by atoms with Crippen LogP contribution in [0.3, 0.4) is 0 Å². The van der Waals surface area contributed by atoms with Crippen LogP contribution in [-0.2, 0) is 11.2 Å². The fourth-order valence-electron chi connectivity index (χ4n) is 3.78. The number of allylic oxidation sites excluding steroid dienone is 1. The van der Waals surface area contributed by atoms with Gasteiger partial charge in [0.2, 0.25) is 0 Å². The highest BCUT2D eigenvalue weighted by atomic mass is 16.5. The van der Waals surface area contributed by atoms with Gasteiger partial charge in [0.15, 0.2) is 11.6 Å². The van der Waals surface area contributed by atoms with Crippen molar-refractivity contribution in [2.75, 3.05) is 19.8 Å². The summed E-state index contributed by atoms with van der Waals surface area (Å²) in [5, 5.41) is 0. The zero-order chi connectivity index (χ0) is 23.4. The predicted molar refractivity (Wildman–Crippen MR) is 139 cm³/mol. The van der Waals surface area contributed by atoms with Crippen molar-refractivity contribution in [2.24, 2.45) is 0 Å². The SMILES string of the molecule is C=CCCCCCCCCCOc1cnc(-c2ccc(CCCCCOCCC)cc2)nc1. The highest BCUT2D eigenvalue weighted by Gasteiger charge is 2.03. The van der Waals surface area contributed by atoms with Crippen molar-refractivity contribution in [1.82, 2.24) is 9.97 Å². The summed E-state index contributed by atoms with van der Waals surface area (Å²) >= 11 is 0. The van der Waals surface area contributed by atoms with E-state index in [1.165, 1.54) is 56.9 Å². The number of nitrogens with zero attached hydrogens (tertiary/aromatic N) is 2. The molecule has 4 heteroatoms. The molecule has 2 rings (SSSR count). The van der Waals surface area contributed by atoms with E-state index >= 15 is 0 Å². The molecule has 0 atom stereocenters. The lowest BCUT2D eigenvalue weighted by Crippen LogP contribution is -1.99. The zero-order valence-corrected chi connectivity index (χ0v) is 20.8. The second-order valence-electron chi connectivity index (χ2n) is 8.76. The highest BCUT2D eigenvalue weighted by Crippen LogP contribution is 2.19. The van der Waals surface area contributed by atoms with Gasteiger partial charge in [0.05, 0.1) is 19.0 Å². The van der Waals surface area contributed by atoms with E-state index in [4.69, 9.17) is 9.47 Å². The Kier molecular flexibility index (Phi) is 15.0. The van der Waals surface area contributed by atoms with Crippen molar-refractivity contribution < 1.29 is 9.47 Å². The molecule has 0 N–H and O–H groups in total. The molecule has 4 nitrogen and oxygen atoms in total. The molecule has 0 aliphatic rings. The van der Waals surface area contributed by atoms with E-state index in [0.717, 1.165) is 69.1 Å². The van der Waals surface area contributed by atoms with Gasteiger partial charge in [0.1, 0.15) is 0 Å². The molecule has 182 valence electrons. The topological polar surface area (TPSA) is 44.2 Å². The van der Waals surface area contributed by atoms with Crippen LogP contribution < -0.4 is 4.74 Å². The Morgan fingerprint density at radius 1 is 0.758 bits per heavy atom. The molecule has 0 spiro atoms. The lowest BCUT2D eigenvalue weighted by molar-refractivity contribution is 0.130. The summed E-state index contributed by atoms with van der Waals surface area (Å²) in [5.41, 5.74) is 2.41. The molecule has 0 aliphatic heterocycles. The van der Waals surface area contributed by atoms with Gasteiger partial charge in [-0.25, -0.2) is 9.97 Å². The Bertz CT molecular complexity index is 728. The van der Waals surface area contributed by atoms with Crippen LogP contribution in [-0.4, -0.2) is 29.8 Å². The maximum absolute atomic E-state index is 5.82. The number of rotatable bonds is 20. The zero-order valence-electron chi connectivity index (χ0n) is 20.8. The van der Waals surface area contributed by atoms with Gasteiger partial charge in [-0.3, -0.25) is 0 Å². The first-order valence-electron chi connectivity index (χ1n) is 13.1. The van der Waals surface area contributed by atoms with Crippen molar-refractivity contribution >= 4 is 0 Å². The molecule has 0 radical (unpaired) electrons. The number of aryl methyl sites for hydroxylation is 1. The first kappa shape index (κ1) is 27.0. The minimum Gasteiger partial charge on any atom is -0.490 e. The van der Waals surface area contributed by atoms with E-state index in [-0.39, 0.29) is 0 Å². The predicted octanol–water partition coefficient (Wildman–Crippen LogP) is 7.97. The van der Waals surface area contributed by atoms with Crippen molar-refractivity contribution in [3.8, 4) is 17.1 Å². The summed E-state index contributed by atoms with van der Waals surface area (Å²) in [6.45, 7) is 8.42. The van der Waals surface area contributed by atoms with Crippen molar-refractivity contribution in [2.45, 2.75) is 90.4 Å². The van der Waals surface area contributed by atoms with E-state index in [9.17, 15) is 0 Å². The van der Waals surface area contributed by atoms with E-state index < -0.39 is 0 Å². The second kappa shape index (κ2) is 18.3. The lowest BCUT2D eigenvalue weighted by Gasteiger charge is -2.07. The monoisotopic (exact) mass is 452 g/mol. The summed E-state index contributed by atoms with van der Waals surface area (Å²) < 4.78 is 11.4.